The summed E-state index contributed by atoms with van der Waals surface area (Å²) in [5.41, 5.74) is 0. The van der Waals surface area contributed by atoms with Crippen molar-refractivity contribution in [1.29, 1.82) is 0 Å². The van der Waals surface area contributed by atoms with Crippen molar-refractivity contribution in [2.45, 2.75) is 31.7 Å². The molecule has 0 saturated carbocycles. The van der Waals surface area contributed by atoms with Gasteiger partial charge in [-0.2, -0.15) is 0 Å². The van der Waals surface area contributed by atoms with Gasteiger partial charge in [0.05, 0.1) is 4.05 Å². The molecule has 0 rings (SSSR count). The molecule has 0 aliphatic carbocycles. The Morgan fingerprint density at radius 3 is 1.92 bits per heavy atom. The third-order valence-electron chi connectivity index (χ3n) is 2.27. The number of carbonyl (C=O) groups is 1. The maximum Gasteiger partial charge on any atom is 0.226 e. The highest BCUT2D eigenvalue weighted by molar-refractivity contribution is 14.1. The van der Waals surface area contributed by atoms with Gasteiger partial charge in [0.2, 0.25) is 5.91 Å². The molecular formula is C9H18INO. The van der Waals surface area contributed by atoms with Crippen LogP contribution in [0.5, 0.6) is 0 Å². The number of hydrogen-bond donors (Lipinski definition) is 0. The molecule has 0 aromatic heterocycles. The molecule has 0 aromatic carbocycles. The Bertz CT molecular complexity index is 141. The van der Waals surface area contributed by atoms with Gasteiger partial charge in [-0.3, -0.25) is 4.79 Å². The van der Waals surface area contributed by atoms with Crippen LogP contribution < -0.4 is 0 Å². The zero-order valence-electron chi connectivity index (χ0n) is 8.47. The monoisotopic (exact) mass is 283 g/mol. The first kappa shape index (κ1) is 12.2. The Balaban J connectivity index is 4.19. The van der Waals surface area contributed by atoms with Crippen molar-refractivity contribution in [3.05, 3.63) is 0 Å². The van der Waals surface area contributed by atoms with Crippen LogP contribution in [0.25, 0.3) is 0 Å². The Kier molecular flexibility index (Phi) is 5.13. The number of amides is 1. The average Bonchev–Trinajstić information content (AvgIpc) is 2.00. The molecule has 72 valence electrons. The second-order valence-electron chi connectivity index (χ2n) is 3.56. The van der Waals surface area contributed by atoms with E-state index in [1.807, 2.05) is 20.9 Å². The van der Waals surface area contributed by atoms with E-state index < -0.39 is 0 Å². The van der Waals surface area contributed by atoms with Crippen LogP contribution in [0, 0.1) is 11.8 Å². The second kappa shape index (κ2) is 5.04. The Hall–Kier alpha value is 0.200. The van der Waals surface area contributed by atoms with Crippen LogP contribution in [0.3, 0.4) is 0 Å². The quantitative estimate of drug-likeness (QED) is 0.443. The summed E-state index contributed by atoms with van der Waals surface area (Å²) >= 11 is 2.25. The number of hydrogen-bond acceptors (Lipinski definition) is 1. The summed E-state index contributed by atoms with van der Waals surface area (Å²) in [5.74, 6) is 0.800. The average molecular weight is 283 g/mol. The summed E-state index contributed by atoms with van der Waals surface area (Å²) in [6.07, 6.45) is 0. The van der Waals surface area contributed by atoms with Gasteiger partial charge < -0.3 is 4.90 Å². The first-order valence-electron chi connectivity index (χ1n) is 4.28. The number of rotatable bonds is 3. The maximum atomic E-state index is 11.6. The van der Waals surface area contributed by atoms with Gasteiger partial charge in [-0.25, -0.2) is 0 Å². The molecule has 0 aliphatic rings. The first-order chi connectivity index (χ1) is 5.37. The molecule has 0 radical (unpaired) electrons. The number of halogens is 1. The van der Waals surface area contributed by atoms with Gasteiger partial charge in [-0.05, 0) is 12.8 Å². The Labute approximate surface area is 88.8 Å². The lowest BCUT2D eigenvalue weighted by Crippen LogP contribution is -2.37. The van der Waals surface area contributed by atoms with Crippen LogP contribution in [0.2, 0.25) is 0 Å². The van der Waals surface area contributed by atoms with Gasteiger partial charge in [-0.1, -0.05) is 43.4 Å². The molecule has 0 bridgehead atoms. The number of alkyl halides is 1. The highest BCUT2D eigenvalue weighted by Gasteiger charge is 2.22. The minimum atomic E-state index is 0.132. The van der Waals surface area contributed by atoms with E-state index in [2.05, 4.69) is 36.4 Å². The highest BCUT2D eigenvalue weighted by atomic mass is 127. The van der Waals surface area contributed by atoms with Gasteiger partial charge in [0.1, 0.15) is 0 Å². The zero-order valence-corrected chi connectivity index (χ0v) is 10.6. The molecule has 2 nitrogen and oxygen atoms in total. The van der Waals surface area contributed by atoms with Gasteiger partial charge in [-0.15, -0.1) is 0 Å². The van der Waals surface area contributed by atoms with Crippen molar-refractivity contribution in [2.24, 2.45) is 11.8 Å². The summed E-state index contributed by atoms with van der Waals surface area (Å²) in [4.78, 5) is 13.4. The van der Waals surface area contributed by atoms with Crippen molar-refractivity contribution in [2.75, 3.05) is 7.05 Å². The van der Waals surface area contributed by atoms with Gasteiger partial charge in [0.15, 0.2) is 0 Å². The summed E-state index contributed by atoms with van der Waals surface area (Å²) in [6.45, 7) is 8.16. The SMILES string of the molecule is CC(C)C(C)C(=O)N(C)C(C)I. The predicted octanol–water partition coefficient (Wildman–Crippen LogP) is 2.52. The van der Waals surface area contributed by atoms with Crippen molar-refractivity contribution < 1.29 is 4.79 Å². The fourth-order valence-electron chi connectivity index (χ4n) is 0.782. The molecule has 1 amide bonds. The van der Waals surface area contributed by atoms with E-state index >= 15 is 0 Å². The minimum absolute atomic E-state index is 0.132. The molecule has 12 heavy (non-hydrogen) atoms. The standard InChI is InChI=1S/C9H18INO/c1-6(2)7(3)9(12)11(5)8(4)10/h6-8H,1-5H3. The van der Waals surface area contributed by atoms with E-state index in [0.717, 1.165) is 0 Å². The molecule has 0 heterocycles. The smallest absolute Gasteiger partial charge is 0.226 e. The van der Waals surface area contributed by atoms with Crippen LogP contribution in [0.1, 0.15) is 27.7 Å². The first-order valence-corrected chi connectivity index (χ1v) is 5.53. The zero-order chi connectivity index (χ0) is 9.89. The van der Waals surface area contributed by atoms with Crippen molar-refractivity contribution in [1.82, 2.24) is 4.90 Å². The van der Waals surface area contributed by atoms with E-state index in [0.29, 0.717) is 5.92 Å². The van der Waals surface area contributed by atoms with Gasteiger partial charge >= 0.3 is 0 Å². The fourth-order valence-corrected chi connectivity index (χ4v) is 1.06. The number of nitrogens with zero attached hydrogens (tertiary/aromatic N) is 1. The number of carbonyl (C=O) groups excluding carboxylic acids is 1. The second-order valence-corrected chi connectivity index (χ2v) is 5.36. The third-order valence-corrected chi connectivity index (χ3v) is 3.11. The van der Waals surface area contributed by atoms with Crippen LogP contribution in [0.15, 0.2) is 0 Å². The molecule has 2 unspecified atom stereocenters. The summed E-state index contributed by atoms with van der Waals surface area (Å²) in [7, 11) is 1.86. The van der Waals surface area contributed by atoms with Crippen molar-refractivity contribution in [3.63, 3.8) is 0 Å². The van der Waals surface area contributed by atoms with Crippen molar-refractivity contribution >= 4 is 28.5 Å². The lowest BCUT2D eigenvalue weighted by atomic mass is 9.97. The van der Waals surface area contributed by atoms with E-state index in [1.54, 1.807) is 4.90 Å². The maximum absolute atomic E-state index is 11.6. The van der Waals surface area contributed by atoms with Gasteiger partial charge in [0, 0.05) is 13.0 Å². The lowest BCUT2D eigenvalue weighted by Gasteiger charge is -2.25. The molecule has 0 saturated heterocycles. The van der Waals surface area contributed by atoms with E-state index in [9.17, 15) is 4.79 Å². The van der Waals surface area contributed by atoms with Gasteiger partial charge in [0.25, 0.3) is 0 Å². The van der Waals surface area contributed by atoms with Crippen LogP contribution in [-0.4, -0.2) is 21.9 Å². The summed E-state index contributed by atoms with van der Waals surface area (Å²) < 4.78 is 0.274. The van der Waals surface area contributed by atoms with Crippen LogP contribution in [0.4, 0.5) is 0 Å². The van der Waals surface area contributed by atoms with E-state index in [4.69, 9.17) is 0 Å². The predicted molar refractivity (Wildman–Crippen MR) is 60.3 cm³/mol. The third kappa shape index (κ3) is 3.29. The van der Waals surface area contributed by atoms with E-state index in [1.165, 1.54) is 0 Å². The summed E-state index contributed by atoms with van der Waals surface area (Å²) in [6, 6.07) is 0. The molecule has 0 spiro atoms. The van der Waals surface area contributed by atoms with Crippen LogP contribution >= 0.6 is 22.6 Å². The fraction of sp³-hybridized carbons (Fsp3) is 0.889. The lowest BCUT2D eigenvalue weighted by molar-refractivity contribution is -0.135. The summed E-state index contributed by atoms with van der Waals surface area (Å²) in [5, 5.41) is 0. The molecule has 0 N–H and O–H groups in total. The highest BCUT2D eigenvalue weighted by Crippen LogP contribution is 2.15. The van der Waals surface area contributed by atoms with Crippen LogP contribution in [-0.2, 0) is 4.79 Å². The Morgan fingerprint density at radius 2 is 1.67 bits per heavy atom. The normalized spacial score (nSPS) is 15.9. The molecule has 0 aromatic rings. The molecule has 0 aliphatic heterocycles. The molecule has 0 fully saturated rings. The molecular weight excluding hydrogens is 265 g/mol. The van der Waals surface area contributed by atoms with Crippen molar-refractivity contribution in [3.8, 4) is 0 Å². The topological polar surface area (TPSA) is 20.3 Å². The minimum Gasteiger partial charge on any atom is -0.334 e. The molecule has 2 atom stereocenters. The molecule has 3 heteroatoms. The largest absolute Gasteiger partial charge is 0.334 e. The Morgan fingerprint density at radius 1 is 1.25 bits per heavy atom. The van der Waals surface area contributed by atoms with E-state index in [-0.39, 0.29) is 15.9 Å².